The third-order valence-corrected chi connectivity index (χ3v) is 3.73. The Morgan fingerprint density at radius 1 is 1.33 bits per heavy atom. The molecular weight excluding hydrogens is 283 g/mol. The van der Waals surface area contributed by atoms with E-state index in [0.717, 1.165) is 10.8 Å². The molecule has 2 fully saturated rings. The van der Waals surface area contributed by atoms with Crippen LogP contribution in [0.1, 0.15) is 33.4 Å². The summed E-state index contributed by atoms with van der Waals surface area (Å²) >= 11 is 0. The number of H-pyrrole nitrogens is 1. The normalized spacial score (nSPS) is 34.1. The highest BCUT2D eigenvalue weighted by molar-refractivity contribution is 4.99. The molecule has 0 bridgehead atoms. The van der Waals surface area contributed by atoms with Crippen LogP contribution in [0, 0.1) is 5.82 Å². The zero-order valence-corrected chi connectivity index (χ0v) is 12.0. The van der Waals surface area contributed by atoms with Crippen molar-refractivity contribution in [2.24, 2.45) is 0 Å². The van der Waals surface area contributed by atoms with Crippen molar-refractivity contribution in [3.05, 3.63) is 32.9 Å². The van der Waals surface area contributed by atoms with E-state index in [2.05, 4.69) is 0 Å². The summed E-state index contributed by atoms with van der Waals surface area (Å²) in [6.45, 7) is 5.46. The second-order valence-electron chi connectivity index (χ2n) is 5.68. The molecule has 116 valence electrons. The number of rotatable bonds is 2. The van der Waals surface area contributed by atoms with Gasteiger partial charge in [0.2, 0.25) is 5.82 Å². The van der Waals surface area contributed by atoms with Crippen molar-refractivity contribution in [1.29, 1.82) is 0 Å². The Morgan fingerprint density at radius 2 is 2.00 bits per heavy atom. The molecule has 1 N–H and O–H groups in total. The first-order chi connectivity index (χ1) is 9.82. The Bertz CT molecular complexity index is 667. The van der Waals surface area contributed by atoms with Crippen LogP contribution in [0.5, 0.6) is 0 Å². The van der Waals surface area contributed by atoms with Crippen molar-refractivity contribution >= 4 is 0 Å². The van der Waals surface area contributed by atoms with E-state index in [9.17, 15) is 14.0 Å². The average Bonchev–Trinajstić information content (AvgIpc) is 2.87. The zero-order valence-electron chi connectivity index (χ0n) is 12.0. The Kier molecular flexibility index (Phi) is 3.27. The summed E-state index contributed by atoms with van der Waals surface area (Å²) in [5.74, 6) is -1.84. The van der Waals surface area contributed by atoms with Gasteiger partial charge in [-0.05, 0) is 20.3 Å². The lowest BCUT2D eigenvalue weighted by atomic mass is 10.1. The predicted octanol–water partition coefficient (Wildman–Crippen LogP) is 0.503. The third-order valence-electron chi connectivity index (χ3n) is 3.73. The van der Waals surface area contributed by atoms with Crippen molar-refractivity contribution in [2.45, 2.75) is 57.5 Å². The quantitative estimate of drug-likeness (QED) is 0.860. The van der Waals surface area contributed by atoms with Crippen molar-refractivity contribution < 1.29 is 18.6 Å². The van der Waals surface area contributed by atoms with E-state index in [1.54, 1.807) is 13.8 Å². The minimum Gasteiger partial charge on any atom is -0.349 e. The monoisotopic (exact) mass is 300 g/mol. The highest BCUT2D eigenvalue weighted by atomic mass is 19.1. The van der Waals surface area contributed by atoms with Gasteiger partial charge in [-0.3, -0.25) is 14.3 Å². The minimum absolute atomic E-state index is 0.260. The van der Waals surface area contributed by atoms with Crippen LogP contribution in [0.4, 0.5) is 4.39 Å². The molecule has 0 saturated carbocycles. The highest BCUT2D eigenvalue weighted by Gasteiger charge is 2.55. The lowest BCUT2D eigenvalue weighted by molar-refractivity contribution is -0.197. The van der Waals surface area contributed by atoms with Gasteiger partial charge in [-0.25, -0.2) is 4.79 Å². The number of nitrogens with zero attached hydrogens (tertiary/aromatic N) is 1. The first-order valence-electron chi connectivity index (χ1n) is 6.84. The molecule has 3 rings (SSSR count). The van der Waals surface area contributed by atoms with Gasteiger partial charge in [0.1, 0.15) is 12.2 Å². The second kappa shape index (κ2) is 4.75. The fourth-order valence-corrected chi connectivity index (χ4v) is 2.86. The maximum atomic E-state index is 13.5. The third kappa shape index (κ3) is 2.33. The molecule has 0 amide bonds. The number of halogens is 1. The summed E-state index contributed by atoms with van der Waals surface area (Å²) in [4.78, 5) is 24.9. The molecule has 1 aromatic rings. The van der Waals surface area contributed by atoms with Gasteiger partial charge in [0.15, 0.2) is 12.0 Å². The van der Waals surface area contributed by atoms with Gasteiger partial charge in [0.05, 0.1) is 12.3 Å². The molecule has 0 radical (unpaired) electrons. The molecule has 3 heterocycles. The van der Waals surface area contributed by atoms with Crippen molar-refractivity contribution in [3.8, 4) is 0 Å². The highest BCUT2D eigenvalue weighted by Crippen LogP contribution is 2.43. The molecule has 2 saturated heterocycles. The number of ether oxygens (including phenoxy) is 3. The Morgan fingerprint density at radius 3 is 2.67 bits per heavy atom. The second-order valence-corrected chi connectivity index (χ2v) is 5.68. The first kappa shape index (κ1) is 14.4. The van der Waals surface area contributed by atoms with Gasteiger partial charge >= 0.3 is 5.69 Å². The molecule has 2 aliphatic rings. The maximum absolute atomic E-state index is 13.5. The van der Waals surface area contributed by atoms with Crippen molar-refractivity contribution in [1.82, 2.24) is 9.55 Å². The van der Waals surface area contributed by atoms with Gasteiger partial charge in [-0.2, -0.15) is 4.39 Å². The van der Waals surface area contributed by atoms with Crippen molar-refractivity contribution in [3.63, 3.8) is 0 Å². The molecule has 4 atom stereocenters. The number of hydrogen-bond acceptors (Lipinski definition) is 5. The van der Waals surface area contributed by atoms with E-state index in [4.69, 9.17) is 14.2 Å². The van der Waals surface area contributed by atoms with Crippen LogP contribution in [-0.4, -0.2) is 33.7 Å². The van der Waals surface area contributed by atoms with Crippen molar-refractivity contribution in [2.75, 3.05) is 0 Å². The number of aromatic amines is 1. The molecule has 7 nitrogen and oxygen atoms in total. The number of nitrogens with one attached hydrogen (secondary N) is 1. The van der Waals surface area contributed by atoms with E-state index in [0.29, 0.717) is 6.42 Å². The summed E-state index contributed by atoms with van der Waals surface area (Å²) in [6, 6.07) is 0. The Labute approximate surface area is 119 Å². The van der Waals surface area contributed by atoms with Crippen LogP contribution in [0.15, 0.2) is 15.8 Å². The van der Waals surface area contributed by atoms with Crippen LogP contribution in [0.2, 0.25) is 0 Å². The molecule has 0 aromatic carbocycles. The van der Waals surface area contributed by atoms with Crippen LogP contribution >= 0.6 is 0 Å². The number of hydrogen-bond donors (Lipinski definition) is 1. The predicted molar refractivity (Wildman–Crippen MR) is 69.3 cm³/mol. The molecule has 21 heavy (non-hydrogen) atoms. The molecule has 0 spiro atoms. The van der Waals surface area contributed by atoms with Crippen LogP contribution in [0.25, 0.3) is 0 Å². The smallest absolute Gasteiger partial charge is 0.330 e. The van der Waals surface area contributed by atoms with Gasteiger partial charge in [-0.1, -0.05) is 6.92 Å². The fraction of sp³-hybridized carbons (Fsp3) is 0.692. The first-order valence-corrected chi connectivity index (χ1v) is 6.84. The molecule has 1 aromatic heterocycles. The number of fused-ring (bicyclic) bond motifs is 1. The zero-order chi connectivity index (χ0) is 15.4. The van der Waals surface area contributed by atoms with Crippen LogP contribution in [0.3, 0.4) is 0 Å². The van der Waals surface area contributed by atoms with E-state index in [1.807, 2.05) is 11.9 Å². The maximum Gasteiger partial charge on any atom is 0.330 e. The standard InChI is InChI=1S/C13H17FN2O5/c1-4-7-8-9(21-13(2,3)20-8)11(19-7)16-5-6(14)10(17)15-12(16)18/h5,7-9,11H,4H2,1-3H3,(H,15,17,18)/t7-,8-,9-,11-/m1/s1. The van der Waals surface area contributed by atoms with Crippen LogP contribution in [-0.2, 0) is 14.2 Å². The minimum atomic E-state index is -1.05. The molecule has 0 unspecified atom stereocenters. The summed E-state index contributed by atoms with van der Waals surface area (Å²) in [6.07, 6.45) is -0.457. The summed E-state index contributed by atoms with van der Waals surface area (Å²) in [5, 5.41) is 0. The van der Waals surface area contributed by atoms with E-state index >= 15 is 0 Å². The lowest BCUT2D eigenvalue weighted by Crippen LogP contribution is -2.38. The summed E-state index contributed by atoms with van der Waals surface area (Å²) in [5.41, 5.74) is -1.79. The Balaban J connectivity index is 2.01. The summed E-state index contributed by atoms with van der Waals surface area (Å²) < 4.78 is 31.8. The van der Waals surface area contributed by atoms with E-state index in [-0.39, 0.29) is 12.2 Å². The molecule has 2 aliphatic heterocycles. The summed E-state index contributed by atoms with van der Waals surface area (Å²) in [7, 11) is 0. The average molecular weight is 300 g/mol. The van der Waals surface area contributed by atoms with Gasteiger partial charge in [-0.15, -0.1) is 0 Å². The largest absolute Gasteiger partial charge is 0.349 e. The van der Waals surface area contributed by atoms with E-state index < -0.39 is 35.2 Å². The van der Waals surface area contributed by atoms with Gasteiger partial charge in [0, 0.05) is 0 Å². The topological polar surface area (TPSA) is 82.6 Å². The Hall–Kier alpha value is -1.51. The molecule has 8 heteroatoms. The van der Waals surface area contributed by atoms with Gasteiger partial charge < -0.3 is 14.2 Å². The molecular formula is C13H17FN2O5. The molecule has 0 aliphatic carbocycles. The SMILES string of the molecule is CC[C@H]1O[C@@H](n2cc(F)c(=O)[nH]c2=O)[C@@H]2OC(C)(C)O[C@@H]21. The fourth-order valence-electron chi connectivity index (χ4n) is 2.86. The van der Waals surface area contributed by atoms with Crippen LogP contribution < -0.4 is 11.2 Å². The van der Waals surface area contributed by atoms with Gasteiger partial charge in [0.25, 0.3) is 5.56 Å². The number of aromatic nitrogens is 2. The van der Waals surface area contributed by atoms with E-state index in [1.165, 1.54) is 0 Å². The lowest BCUT2D eigenvalue weighted by Gasteiger charge is -2.24.